The number of pyridine rings is 1. The number of furan rings is 1. The summed E-state index contributed by atoms with van der Waals surface area (Å²) in [6.07, 6.45) is 6.84. The summed E-state index contributed by atoms with van der Waals surface area (Å²) in [5, 5.41) is 4.66. The highest BCUT2D eigenvalue weighted by atomic mass is 16.5. The van der Waals surface area contributed by atoms with Crippen molar-refractivity contribution < 1.29 is 13.9 Å². The van der Waals surface area contributed by atoms with Gasteiger partial charge in [0.1, 0.15) is 11.3 Å². The second-order valence-corrected chi connectivity index (χ2v) is 7.10. The maximum Gasteiger partial charge on any atom is 0.171 e. The second-order valence-electron chi connectivity index (χ2n) is 7.10. The second kappa shape index (κ2) is 8.52. The van der Waals surface area contributed by atoms with Crippen molar-refractivity contribution in [1.29, 1.82) is 0 Å². The maximum atomic E-state index is 5.71. The summed E-state index contributed by atoms with van der Waals surface area (Å²) in [6, 6.07) is 10.2. The lowest BCUT2D eigenvalue weighted by atomic mass is 10.0. The molecule has 6 nitrogen and oxygen atoms in total. The molecule has 2 aromatic heterocycles. The molecule has 1 N–H and O–H groups in total. The zero-order valence-electron chi connectivity index (χ0n) is 16.5. The molecule has 0 saturated carbocycles. The number of fused-ring (bicyclic) bond motifs is 1. The SMILES string of the molecule is COc1ccc2occ(CCCC3CNCCN3c3ncccc3OC)c2c1. The fourth-order valence-corrected chi connectivity index (χ4v) is 3.96. The predicted octanol–water partition coefficient (Wildman–Crippen LogP) is 3.65. The average molecular weight is 381 g/mol. The fraction of sp³-hybridized carbons (Fsp3) is 0.409. The van der Waals surface area contributed by atoms with E-state index in [1.54, 1.807) is 14.2 Å². The minimum Gasteiger partial charge on any atom is -0.497 e. The highest BCUT2D eigenvalue weighted by Gasteiger charge is 2.25. The van der Waals surface area contributed by atoms with Gasteiger partial charge in [-0.25, -0.2) is 4.98 Å². The molecule has 1 unspecified atom stereocenters. The number of aromatic nitrogens is 1. The molecule has 0 bridgehead atoms. The summed E-state index contributed by atoms with van der Waals surface area (Å²) in [5.41, 5.74) is 2.15. The summed E-state index contributed by atoms with van der Waals surface area (Å²) in [6.45, 7) is 2.85. The van der Waals surface area contributed by atoms with E-state index < -0.39 is 0 Å². The van der Waals surface area contributed by atoms with Gasteiger partial charge in [0.2, 0.25) is 0 Å². The molecular weight excluding hydrogens is 354 g/mol. The number of hydrogen-bond donors (Lipinski definition) is 1. The molecule has 0 amide bonds. The Balaban J connectivity index is 1.45. The summed E-state index contributed by atoms with van der Waals surface area (Å²) in [7, 11) is 3.40. The number of anilines is 1. The van der Waals surface area contributed by atoms with E-state index in [0.29, 0.717) is 6.04 Å². The Kier molecular flexibility index (Phi) is 5.67. The van der Waals surface area contributed by atoms with Crippen LogP contribution in [-0.4, -0.2) is 44.9 Å². The van der Waals surface area contributed by atoms with E-state index in [1.165, 1.54) is 5.56 Å². The number of rotatable bonds is 7. The first kappa shape index (κ1) is 18.6. The van der Waals surface area contributed by atoms with Crippen LogP contribution in [0.3, 0.4) is 0 Å². The van der Waals surface area contributed by atoms with Crippen molar-refractivity contribution in [3.8, 4) is 11.5 Å². The number of aryl methyl sites for hydroxylation is 1. The van der Waals surface area contributed by atoms with Crippen LogP contribution in [0, 0.1) is 0 Å². The molecule has 4 rings (SSSR count). The molecule has 0 radical (unpaired) electrons. The molecular formula is C22H27N3O3. The Labute approximate surface area is 165 Å². The minimum atomic E-state index is 0.394. The van der Waals surface area contributed by atoms with E-state index in [1.807, 2.05) is 36.7 Å². The van der Waals surface area contributed by atoms with Crippen LogP contribution in [0.5, 0.6) is 11.5 Å². The van der Waals surface area contributed by atoms with E-state index in [0.717, 1.165) is 67.2 Å². The van der Waals surface area contributed by atoms with Gasteiger partial charge in [-0.1, -0.05) is 0 Å². The highest BCUT2D eigenvalue weighted by Crippen LogP contribution is 2.30. The summed E-state index contributed by atoms with van der Waals surface area (Å²) >= 11 is 0. The molecule has 6 heteroatoms. The first-order valence-electron chi connectivity index (χ1n) is 9.80. The molecule has 1 saturated heterocycles. The number of methoxy groups -OCH3 is 2. The molecule has 28 heavy (non-hydrogen) atoms. The maximum absolute atomic E-state index is 5.71. The van der Waals surface area contributed by atoms with Crippen LogP contribution in [0.15, 0.2) is 47.2 Å². The van der Waals surface area contributed by atoms with Crippen molar-refractivity contribution in [2.24, 2.45) is 0 Å². The lowest BCUT2D eigenvalue weighted by Gasteiger charge is -2.37. The first-order valence-corrected chi connectivity index (χ1v) is 9.80. The topological polar surface area (TPSA) is 59.8 Å². The Hall–Kier alpha value is -2.73. The fourth-order valence-electron chi connectivity index (χ4n) is 3.96. The standard InChI is InChI=1S/C22H27N3O3/c1-26-18-8-9-20-19(13-18)16(15-28-20)5-3-6-17-14-23-11-12-25(17)22-21(27-2)7-4-10-24-22/h4,7-10,13,15,17,23H,3,5-6,11-12,14H2,1-2H3. The van der Waals surface area contributed by atoms with E-state index >= 15 is 0 Å². The first-order chi connectivity index (χ1) is 13.8. The van der Waals surface area contributed by atoms with E-state index in [-0.39, 0.29) is 0 Å². The molecule has 1 aromatic carbocycles. The number of piperazine rings is 1. The van der Waals surface area contributed by atoms with Crippen LogP contribution in [-0.2, 0) is 6.42 Å². The van der Waals surface area contributed by atoms with Crippen molar-refractivity contribution in [3.05, 3.63) is 48.4 Å². The van der Waals surface area contributed by atoms with Crippen molar-refractivity contribution in [2.75, 3.05) is 38.8 Å². The third-order valence-electron chi connectivity index (χ3n) is 5.44. The van der Waals surface area contributed by atoms with Crippen molar-refractivity contribution in [2.45, 2.75) is 25.3 Å². The zero-order chi connectivity index (χ0) is 19.3. The number of nitrogens with zero attached hydrogens (tertiary/aromatic N) is 2. The van der Waals surface area contributed by atoms with Crippen LogP contribution >= 0.6 is 0 Å². The highest BCUT2D eigenvalue weighted by molar-refractivity contribution is 5.82. The Morgan fingerprint density at radius 2 is 2.18 bits per heavy atom. The predicted molar refractivity (Wildman–Crippen MR) is 110 cm³/mol. The molecule has 0 aliphatic carbocycles. The van der Waals surface area contributed by atoms with Crippen LogP contribution < -0.4 is 19.7 Å². The molecule has 1 fully saturated rings. The Bertz CT molecular complexity index is 924. The lowest BCUT2D eigenvalue weighted by Crippen LogP contribution is -2.51. The molecule has 148 valence electrons. The summed E-state index contributed by atoms with van der Waals surface area (Å²) in [5.74, 6) is 2.64. The number of hydrogen-bond acceptors (Lipinski definition) is 6. The quantitative estimate of drug-likeness (QED) is 0.674. The van der Waals surface area contributed by atoms with Gasteiger partial charge in [-0.3, -0.25) is 0 Å². The number of benzene rings is 1. The number of ether oxygens (including phenoxy) is 2. The van der Waals surface area contributed by atoms with Gasteiger partial charge in [0.05, 0.1) is 20.5 Å². The molecule has 0 spiro atoms. The van der Waals surface area contributed by atoms with E-state index in [2.05, 4.69) is 21.3 Å². The van der Waals surface area contributed by atoms with Gasteiger partial charge >= 0.3 is 0 Å². The zero-order valence-corrected chi connectivity index (χ0v) is 16.5. The van der Waals surface area contributed by atoms with Gasteiger partial charge in [-0.05, 0) is 55.2 Å². The summed E-state index contributed by atoms with van der Waals surface area (Å²) < 4.78 is 16.6. The monoisotopic (exact) mass is 381 g/mol. The Morgan fingerprint density at radius 1 is 1.25 bits per heavy atom. The number of nitrogens with one attached hydrogen (secondary N) is 1. The average Bonchev–Trinajstić information content (AvgIpc) is 3.16. The van der Waals surface area contributed by atoms with Crippen molar-refractivity contribution >= 4 is 16.8 Å². The van der Waals surface area contributed by atoms with Gasteiger partial charge in [0, 0.05) is 37.3 Å². The smallest absolute Gasteiger partial charge is 0.171 e. The molecule has 3 aromatic rings. The minimum absolute atomic E-state index is 0.394. The van der Waals surface area contributed by atoms with Crippen LogP contribution in [0.1, 0.15) is 18.4 Å². The summed E-state index contributed by atoms with van der Waals surface area (Å²) in [4.78, 5) is 6.97. The largest absolute Gasteiger partial charge is 0.497 e. The Morgan fingerprint density at radius 3 is 3.04 bits per heavy atom. The van der Waals surface area contributed by atoms with Gasteiger partial charge < -0.3 is 24.1 Å². The normalized spacial score (nSPS) is 17.1. The third-order valence-corrected chi connectivity index (χ3v) is 5.44. The molecule has 1 aliphatic rings. The van der Waals surface area contributed by atoms with Gasteiger partial charge in [-0.2, -0.15) is 0 Å². The molecule has 3 heterocycles. The van der Waals surface area contributed by atoms with Gasteiger partial charge in [0.15, 0.2) is 11.6 Å². The van der Waals surface area contributed by atoms with Gasteiger partial charge in [0.25, 0.3) is 0 Å². The van der Waals surface area contributed by atoms with Crippen LogP contribution in [0.2, 0.25) is 0 Å². The molecule has 1 atom stereocenters. The van der Waals surface area contributed by atoms with E-state index in [4.69, 9.17) is 13.9 Å². The van der Waals surface area contributed by atoms with Crippen molar-refractivity contribution in [1.82, 2.24) is 10.3 Å². The van der Waals surface area contributed by atoms with Crippen LogP contribution in [0.25, 0.3) is 11.0 Å². The van der Waals surface area contributed by atoms with Crippen molar-refractivity contribution in [3.63, 3.8) is 0 Å². The lowest BCUT2D eigenvalue weighted by molar-refractivity contribution is 0.398. The van der Waals surface area contributed by atoms with E-state index in [9.17, 15) is 0 Å². The molecule has 1 aliphatic heterocycles. The third kappa shape index (κ3) is 3.78. The van der Waals surface area contributed by atoms with Gasteiger partial charge in [-0.15, -0.1) is 0 Å². The van der Waals surface area contributed by atoms with Crippen LogP contribution in [0.4, 0.5) is 5.82 Å².